The molecule has 0 atom stereocenters. The fraction of sp³-hybridized carbons (Fsp3) is 0.615. The number of aromatic nitrogens is 2. The average molecular weight is 298 g/mol. The van der Waals surface area contributed by atoms with Crippen LogP contribution in [0, 0.1) is 12.3 Å². The van der Waals surface area contributed by atoms with E-state index in [-0.39, 0.29) is 11.1 Å². The molecule has 0 aromatic carbocycles. The van der Waals surface area contributed by atoms with E-state index < -0.39 is 12.5 Å². The number of halogens is 2. The standard InChI is InChI=1S/C13H16F2N4O2/c1-8-16-9(11(14)15)4-10(17-8)19-6-13(7-19)2-3-18(5-13)12(20)21/h4,11H,2-3,5-7H2,1H3,(H,20,21). The normalized spacial score (nSPS) is 20.2. The summed E-state index contributed by atoms with van der Waals surface area (Å²) in [7, 11) is 0. The number of carbonyl (C=O) groups is 1. The maximum Gasteiger partial charge on any atom is 0.407 e. The Labute approximate surface area is 120 Å². The second kappa shape index (κ2) is 4.78. The SMILES string of the molecule is Cc1nc(C(F)F)cc(N2CC3(CCN(C(=O)O)C3)C2)n1. The molecule has 2 aliphatic rings. The number of amides is 1. The van der Waals surface area contributed by atoms with E-state index >= 15 is 0 Å². The summed E-state index contributed by atoms with van der Waals surface area (Å²) in [6.45, 7) is 3.93. The molecule has 6 nitrogen and oxygen atoms in total. The number of hydrogen-bond acceptors (Lipinski definition) is 4. The minimum atomic E-state index is -2.62. The van der Waals surface area contributed by atoms with Crippen molar-refractivity contribution in [1.82, 2.24) is 14.9 Å². The van der Waals surface area contributed by atoms with E-state index in [4.69, 9.17) is 5.11 Å². The third-order valence-corrected chi connectivity index (χ3v) is 4.15. The molecule has 1 aromatic rings. The van der Waals surface area contributed by atoms with E-state index in [9.17, 15) is 13.6 Å². The number of carboxylic acid groups (broad SMARTS) is 1. The first-order valence-corrected chi connectivity index (χ1v) is 6.75. The number of rotatable bonds is 2. The van der Waals surface area contributed by atoms with E-state index in [0.29, 0.717) is 37.8 Å². The van der Waals surface area contributed by atoms with Gasteiger partial charge in [-0.25, -0.2) is 23.5 Å². The molecular formula is C13H16F2N4O2. The summed E-state index contributed by atoms with van der Waals surface area (Å²) in [6, 6.07) is 1.31. The van der Waals surface area contributed by atoms with E-state index in [0.717, 1.165) is 6.42 Å². The van der Waals surface area contributed by atoms with Gasteiger partial charge in [0.05, 0.1) is 0 Å². The summed E-state index contributed by atoms with van der Waals surface area (Å²) in [6.07, 6.45) is -2.71. The molecule has 1 amide bonds. The molecule has 1 N–H and O–H groups in total. The zero-order chi connectivity index (χ0) is 15.2. The molecule has 0 saturated carbocycles. The second-order valence-corrected chi connectivity index (χ2v) is 5.81. The summed E-state index contributed by atoms with van der Waals surface area (Å²) in [4.78, 5) is 22.2. The van der Waals surface area contributed by atoms with Gasteiger partial charge in [-0.1, -0.05) is 0 Å². The first-order chi connectivity index (χ1) is 9.88. The van der Waals surface area contributed by atoms with Gasteiger partial charge in [-0.3, -0.25) is 0 Å². The highest BCUT2D eigenvalue weighted by molar-refractivity contribution is 5.65. The maximum atomic E-state index is 12.8. The van der Waals surface area contributed by atoms with Crippen LogP contribution in [0.25, 0.3) is 0 Å². The molecule has 8 heteroatoms. The molecule has 3 rings (SSSR count). The van der Waals surface area contributed by atoms with Gasteiger partial charge in [0, 0.05) is 37.7 Å². The molecule has 0 unspecified atom stereocenters. The largest absolute Gasteiger partial charge is 0.465 e. The van der Waals surface area contributed by atoms with Gasteiger partial charge >= 0.3 is 6.09 Å². The zero-order valence-electron chi connectivity index (χ0n) is 11.6. The quantitative estimate of drug-likeness (QED) is 0.903. The topological polar surface area (TPSA) is 69.6 Å². The van der Waals surface area contributed by atoms with Crippen molar-refractivity contribution < 1.29 is 18.7 Å². The minimum Gasteiger partial charge on any atom is -0.465 e. The molecule has 3 heterocycles. The van der Waals surface area contributed by atoms with Gasteiger partial charge in [0.1, 0.15) is 17.3 Å². The molecule has 2 fully saturated rings. The fourth-order valence-electron chi connectivity index (χ4n) is 3.13. The van der Waals surface area contributed by atoms with Gasteiger partial charge in [0.25, 0.3) is 6.43 Å². The highest BCUT2D eigenvalue weighted by Crippen LogP contribution is 2.41. The fourth-order valence-corrected chi connectivity index (χ4v) is 3.13. The van der Waals surface area contributed by atoms with Crippen molar-refractivity contribution in [2.24, 2.45) is 5.41 Å². The Morgan fingerprint density at radius 1 is 1.38 bits per heavy atom. The van der Waals surface area contributed by atoms with Crippen molar-refractivity contribution in [3.05, 3.63) is 17.6 Å². The van der Waals surface area contributed by atoms with Crippen LogP contribution in [0.15, 0.2) is 6.07 Å². The van der Waals surface area contributed by atoms with E-state index in [1.165, 1.54) is 11.0 Å². The predicted octanol–water partition coefficient (Wildman–Crippen LogP) is 1.91. The Morgan fingerprint density at radius 3 is 2.67 bits per heavy atom. The number of anilines is 1. The zero-order valence-corrected chi connectivity index (χ0v) is 11.6. The van der Waals surface area contributed by atoms with Crippen molar-refractivity contribution in [1.29, 1.82) is 0 Å². The van der Waals surface area contributed by atoms with Crippen molar-refractivity contribution in [3.8, 4) is 0 Å². The van der Waals surface area contributed by atoms with E-state index in [1.54, 1.807) is 6.92 Å². The highest BCUT2D eigenvalue weighted by atomic mass is 19.3. The molecule has 1 aromatic heterocycles. The molecule has 2 saturated heterocycles. The summed E-state index contributed by atoms with van der Waals surface area (Å²) < 4.78 is 25.5. The number of alkyl halides is 2. The molecule has 0 bridgehead atoms. The molecule has 0 radical (unpaired) electrons. The number of aryl methyl sites for hydroxylation is 1. The van der Waals surface area contributed by atoms with Gasteiger partial charge in [-0.15, -0.1) is 0 Å². The Bertz CT molecular complexity index is 575. The van der Waals surface area contributed by atoms with Crippen LogP contribution < -0.4 is 4.90 Å². The van der Waals surface area contributed by atoms with Gasteiger partial charge < -0.3 is 14.9 Å². The van der Waals surface area contributed by atoms with Crippen LogP contribution in [0.5, 0.6) is 0 Å². The van der Waals surface area contributed by atoms with Crippen LogP contribution in [0.2, 0.25) is 0 Å². The molecular weight excluding hydrogens is 282 g/mol. The molecule has 1 spiro atoms. The lowest BCUT2D eigenvalue weighted by Crippen LogP contribution is -2.58. The summed E-state index contributed by atoms with van der Waals surface area (Å²) in [5, 5.41) is 8.99. The average Bonchev–Trinajstić information content (AvgIpc) is 2.81. The molecule has 114 valence electrons. The molecule has 2 aliphatic heterocycles. The van der Waals surface area contributed by atoms with Crippen molar-refractivity contribution in [2.75, 3.05) is 31.1 Å². The Morgan fingerprint density at radius 2 is 2.10 bits per heavy atom. The second-order valence-electron chi connectivity index (χ2n) is 5.81. The smallest absolute Gasteiger partial charge is 0.407 e. The monoisotopic (exact) mass is 298 g/mol. The Kier molecular flexibility index (Phi) is 3.18. The third-order valence-electron chi connectivity index (χ3n) is 4.15. The van der Waals surface area contributed by atoms with Gasteiger partial charge in [-0.05, 0) is 13.3 Å². The van der Waals surface area contributed by atoms with Crippen LogP contribution in [0.3, 0.4) is 0 Å². The summed E-state index contributed by atoms with van der Waals surface area (Å²) in [5.41, 5.74) is -0.320. The summed E-state index contributed by atoms with van der Waals surface area (Å²) >= 11 is 0. The van der Waals surface area contributed by atoms with Gasteiger partial charge in [0.2, 0.25) is 0 Å². The van der Waals surface area contributed by atoms with Crippen LogP contribution in [-0.2, 0) is 0 Å². The van der Waals surface area contributed by atoms with Crippen LogP contribution in [-0.4, -0.2) is 52.2 Å². The molecule has 0 aliphatic carbocycles. The summed E-state index contributed by atoms with van der Waals surface area (Å²) in [5.74, 6) is 0.819. The molecule has 21 heavy (non-hydrogen) atoms. The van der Waals surface area contributed by atoms with E-state index in [1.807, 2.05) is 4.90 Å². The highest BCUT2D eigenvalue weighted by Gasteiger charge is 2.49. The number of likely N-dealkylation sites (tertiary alicyclic amines) is 1. The van der Waals surface area contributed by atoms with E-state index in [2.05, 4.69) is 9.97 Å². The van der Waals surface area contributed by atoms with Gasteiger partial charge in [0.15, 0.2) is 0 Å². The number of nitrogens with zero attached hydrogens (tertiary/aromatic N) is 4. The third kappa shape index (κ3) is 2.50. The van der Waals surface area contributed by atoms with Crippen molar-refractivity contribution in [3.63, 3.8) is 0 Å². The van der Waals surface area contributed by atoms with Gasteiger partial charge in [-0.2, -0.15) is 0 Å². The number of hydrogen-bond donors (Lipinski definition) is 1. The first kappa shape index (κ1) is 14.0. The lowest BCUT2D eigenvalue weighted by molar-refractivity contribution is 0.141. The predicted molar refractivity (Wildman–Crippen MR) is 70.6 cm³/mol. The Balaban J connectivity index is 1.71. The van der Waals surface area contributed by atoms with Crippen LogP contribution >= 0.6 is 0 Å². The minimum absolute atomic E-state index is 0.0533. The van der Waals surface area contributed by atoms with Crippen molar-refractivity contribution >= 4 is 11.9 Å². The van der Waals surface area contributed by atoms with Crippen LogP contribution in [0.1, 0.15) is 24.4 Å². The van der Waals surface area contributed by atoms with Crippen LogP contribution in [0.4, 0.5) is 19.4 Å². The lowest BCUT2D eigenvalue weighted by atomic mass is 9.79. The maximum absolute atomic E-state index is 12.8. The lowest BCUT2D eigenvalue weighted by Gasteiger charge is -2.48. The van der Waals surface area contributed by atoms with Crippen molar-refractivity contribution in [2.45, 2.75) is 19.8 Å². The first-order valence-electron chi connectivity index (χ1n) is 6.75. The Hall–Kier alpha value is -1.99.